The summed E-state index contributed by atoms with van der Waals surface area (Å²) in [5.41, 5.74) is -0.487. The van der Waals surface area contributed by atoms with Crippen LogP contribution in [0.2, 0.25) is 0 Å². The van der Waals surface area contributed by atoms with E-state index in [1.165, 1.54) is 20.0 Å². The van der Waals surface area contributed by atoms with Crippen LogP contribution in [-0.4, -0.2) is 36.7 Å². The van der Waals surface area contributed by atoms with Crippen LogP contribution < -0.4 is 5.32 Å². The van der Waals surface area contributed by atoms with Crippen LogP contribution in [0.3, 0.4) is 0 Å². The summed E-state index contributed by atoms with van der Waals surface area (Å²) in [6.07, 6.45) is 5.25. The van der Waals surface area contributed by atoms with Crippen LogP contribution in [0.1, 0.15) is 26.2 Å². The Bertz CT molecular complexity index is 206. The van der Waals surface area contributed by atoms with Crippen molar-refractivity contribution in [2.24, 2.45) is 0 Å². The summed E-state index contributed by atoms with van der Waals surface area (Å²) < 4.78 is 4.83. The molecule has 1 aliphatic rings. The normalized spacial score (nSPS) is 20.2. The maximum Gasteiger partial charge on any atom is 0.325 e. The monoisotopic (exact) mass is 217 g/mol. The van der Waals surface area contributed by atoms with Crippen molar-refractivity contribution in [3.8, 4) is 0 Å². The number of rotatable bonds is 6. The van der Waals surface area contributed by atoms with E-state index < -0.39 is 5.54 Å². The van der Waals surface area contributed by atoms with Crippen molar-refractivity contribution in [2.75, 3.05) is 19.1 Å². The first-order chi connectivity index (χ1) is 6.62. The summed E-state index contributed by atoms with van der Waals surface area (Å²) in [4.78, 5) is 11.6. The molecule has 1 fully saturated rings. The Labute approximate surface area is 90.0 Å². The van der Waals surface area contributed by atoms with Gasteiger partial charge in [0.2, 0.25) is 0 Å². The molecule has 0 heterocycles. The molecule has 1 atom stereocenters. The van der Waals surface area contributed by atoms with E-state index in [-0.39, 0.29) is 5.97 Å². The lowest BCUT2D eigenvalue weighted by Gasteiger charge is -2.27. The molecule has 4 heteroatoms. The van der Waals surface area contributed by atoms with E-state index in [4.69, 9.17) is 4.74 Å². The summed E-state index contributed by atoms with van der Waals surface area (Å²) in [5, 5.41) is 3.36. The van der Waals surface area contributed by atoms with Gasteiger partial charge in [0.15, 0.2) is 0 Å². The van der Waals surface area contributed by atoms with E-state index in [2.05, 4.69) is 11.6 Å². The zero-order chi connectivity index (χ0) is 10.6. The fourth-order valence-electron chi connectivity index (χ4n) is 1.44. The first-order valence-electron chi connectivity index (χ1n) is 4.97. The van der Waals surface area contributed by atoms with E-state index in [1.807, 2.05) is 6.92 Å². The van der Waals surface area contributed by atoms with Gasteiger partial charge in [0.05, 0.1) is 7.11 Å². The number of carbonyl (C=O) groups is 1. The topological polar surface area (TPSA) is 38.3 Å². The van der Waals surface area contributed by atoms with Gasteiger partial charge >= 0.3 is 5.97 Å². The molecule has 0 aliphatic heterocycles. The average Bonchev–Trinajstić information content (AvgIpc) is 2.97. The number of esters is 1. The second-order valence-electron chi connectivity index (χ2n) is 3.99. The molecule has 3 nitrogen and oxygen atoms in total. The fraction of sp³-hybridized carbons (Fsp3) is 0.900. The molecule has 0 amide bonds. The van der Waals surface area contributed by atoms with Crippen molar-refractivity contribution >= 4 is 17.7 Å². The van der Waals surface area contributed by atoms with E-state index >= 15 is 0 Å². The van der Waals surface area contributed by atoms with E-state index in [0.29, 0.717) is 6.04 Å². The lowest BCUT2D eigenvalue weighted by molar-refractivity contribution is -0.148. The molecule has 0 spiro atoms. The molecule has 1 saturated carbocycles. The molecule has 0 saturated heterocycles. The highest BCUT2D eigenvalue weighted by atomic mass is 32.2. The number of hydrogen-bond donors (Lipinski definition) is 1. The van der Waals surface area contributed by atoms with Crippen molar-refractivity contribution in [1.82, 2.24) is 5.32 Å². The van der Waals surface area contributed by atoms with E-state index in [1.54, 1.807) is 11.8 Å². The van der Waals surface area contributed by atoms with Crippen LogP contribution in [0.4, 0.5) is 0 Å². The van der Waals surface area contributed by atoms with Gasteiger partial charge in [-0.3, -0.25) is 10.1 Å². The number of thioether (sulfide) groups is 1. The number of hydrogen-bond acceptors (Lipinski definition) is 4. The third kappa shape index (κ3) is 3.17. The molecule has 0 aromatic carbocycles. The Kier molecular flexibility index (Phi) is 4.26. The van der Waals surface area contributed by atoms with Crippen molar-refractivity contribution in [3.05, 3.63) is 0 Å². The maximum absolute atomic E-state index is 11.6. The van der Waals surface area contributed by atoms with E-state index in [9.17, 15) is 4.79 Å². The molecule has 1 unspecified atom stereocenters. The minimum absolute atomic E-state index is 0.140. The third-order valence-electron chi connectivity index (χ3n) is 2.54. The quantitative estimate of drug-likeness (QED) is 0.683. The largest absolute Gasteiger partial charge is 0.468 e. The smallest absolute Gasteiger partial charge is 0.325 e. The zero-order valence-electron chi connectivity index (χ0n) is 9.13. The highest BCUT2D eigenvalue weighted by Crippen LogP contribution is 2.25. The number of ether oxygens (including phenoxy) is 1. The van der Waals surface area contributed by atoms with Gasteiger partial charge in [-0.2, -0.15) is 11.8 Å². The van der Waals surface area contributed by atoms with Gasteiger partial charge in [-0.15, -0.1) is 0 Å². The molecule has 1 aliphatic carbocycles. The Hall–Kier alpha value is -0.220. The third-order valence-corrected chi connectivity index (χ3v) is 3.15. The summed E-state index contributed by atoms with van der Waals surface area (Å²) in [5.74, 6) is 0.837. The minimum atomic E-state index is -0.487. The average molecular weight is 217 g/mol. The second-order valence-corrected chi connectivity index (χ2v) is 4.97. The predicted octanol–water partition coefficient (Wildman–Crippen LogP) is 1.42. The van der Waals surface area contributed by atoms with Gasteiger partial charge in [0, 0.05) is 6.04 Å². The molecule has 0 aromatic heterocycles. The Morgan fingerprint density at radius 1 is 1.64 bits per heavy atom. The Balaban J connectivity index is 2.51. The molecule has 1 N–H and O–H groups in total. The van der Waals surface area contributed by atoms with Gasteiger partial charge in [0.25, 0.3) is 0 Å². The maximum atomic E-state index is 11.6. The number of nitrogens with one attached hydrogen (secondary N) is 1. The Morgan fingerprint density at radius 2 is 2.29 bits per heavy atom. The van der Waals surface area contributed by atoms with Crippen molar-refractivity contribution < 1.29 is 9.53 Å². The number of carbonyl (C=O) groups excluding carboxylic acids is 1. The molecule has 0 radical (unpaired) electrons. The molecule has 1 rings (SSSR count). The summed E-state index contributed by atoms with van der Waals surface area (Å²) in [6, 6.07) is 0.529. The molecule has 14 heavy (non-hydrogen) atoms. The summed E-state index contributed by atoms with van der Waals surface area (Å²) >= 11 is 1.76. The van der Waals surface area contributed by atoms with Crippen molar-refractivity contribution in [1.29, 1.82) is 0 Å². The SMILES string of the molecule is COC(=O)C(C)(CCSC)NC1CC1. The molecule has 0 bridgehead atoms. The molecular weight excluding hydrogens is 198 g/mol. The zero-order valence-corrected chi connectivity index (χ0v) is 9.95. The lowest BCUT2D eigenvalue weighted by Crippen LogP contribution is -2.51. The van der Waals surface area contributed by atoms with Crippen LogP contribution >= 0.6 is 11.8 Å². The van der Waals surface area contributed by atoms with Gasteiger partial charge in [-0.1, -0.05) is 0 Å². The van der Waals surface area contributed by atoms with Crippen LogP contribution in [0, 0.1) is 0 Å². The molecular formula is C10H19NO2S. The van der Waals surface area contributed by atoms with Gasteiger partial charge in [-0.05, 0) is 38.2 Å². The first-order valence-corrected chi connectivity index (χ1v) is 6.37. The Morgan fingerprint density at radius 3 is 2.71 bits per heavy atom. The highest BCUT2D eigenvalue weighted by molar-refractivity contribution is 7.98. The standard InChI is InChI=1S/C10H19NO2S/c1-10(6-7-14-3,9(12)13-2)11-8-4-5-8/h8,11H,4-7H2,1-3H3. The van der Waals surface area contributed by atoms with Crippen LogP contribution in [0.5, 0.6) is 0 Å². The van der Waals surface area contributed by atoms with Gasteiger partial charge < -0.3 is 4.74 Å². The van der Waals surface area contributed by atoms with Crippen LogP contribution in [0.25, 0.3) is 0 Å². The first kappa shape index (κ1) is 11.9. The second kappa shape index (κ2) is 5.03. The van der Waals surface area contributed by atoms with Gasteiger partial charge in [-0.25, -0.2) is 0 Å². The van der Waals surface area contributed by atoms with Gasteiger partial charge in [0.1, 0.15) is 5.54 Å². The molecule has 82 valence electrons. The van der Waals surface area contributed by atoms with E-state index in [0.717, 1.165) is 12.2 Å². The lowest BCUT2D eigenvalue weighted by atomic mass is 9.99. The summed E-state index contributed by atoms with van der Waals surface area (Å²) in [7, 11) is 1.45. The number of methoxy groups -OCH3 is 1. The minimum Gasteiger partial charge on any atom is -0.468 e. The van der Waals surface area contributed by atoms with Crippen molar-refractivity contribution in [3.63, 3.8) is 0 Å². The summed E-state index contributed by atoms with van der Waals surface area (Å²) in [6.45, 7) is 1.94. The van der Waals surface area contributed by atoms with Crippen molar-refractivity contribution in [2.45, 2.75) is 37.8 Å². The van der Waals surface area contributed by atoms with Crippen LogP contribution in [-0.2, 0) is 9.53 Å². The highest BCUT2D eigenvalue weighted by Gasteiger charge is 2.38. The van der Waals surface area contributed by atoms with Crippen LogP contribution in [0.15, 0.2) is 0 Å². The fourth-order valence-corrected chi connectivity index (χ4v) is 2.06. The molecule has 0 aromatic rings. The predicted molar refractivity (Wildman–Crippen MR) is 59.6 cm³/mol.